The van der Waals surface area contributed by atoms with Gasteiger partial charge in [-0.2, -0.15) is 5.10 Å². The molecule has 4 rings (SSSR count). The number of imidazole rings is 1. The number of nitrogens with one attached hydrogen (secondary N) is 1. The number of rotatable bonds is 5. The molecular formula is C18H17N5O2S2. The fourth-order valence-corrected chi connectivity index (χ4v) is 4.30. The van der Waals surface area contributed by atoms with Crippen molar-refractivity contribution in [2.45, 2.75) is 16.6 Å². The monoisotopic (exact) mass is 399 g/mol. The quantitative estimate of drug-likeness (QED) is 0.507. The molecule has 1 aliphatic heterocycles. The van der Waals surface area contributed by atoms with Crippen LogP contribution in [0.5, 0.6) is 0 Å². The van der Waals surface area contributed by atoms with Gasteiger partial charge in [0.05, 0.1) is 28.2 Å². The smallest absolute Gasteiger partial charge is 0.238 e. The molecule has 27 heavy (non-hydrogen) atoms. The molecule has 9 heteroatoms. The maximum atomic E-state index is 11.3. The van der Waals surface area contributed by atoms with Crippen molar-refractivity contribution in [3.05, 3.63) is 60.3 Å². The van der Waals surface area contributed by atoms with E-state index in [1.165, 1.54) is 12.1 Å². The summed E-state index contributed by atoms with van der Waals surface area (Å²) in [5, 5.41) is 10.4. The summed E-state index contributed by atoms with van der Waals surface area (Å²) in [6, 6.07) is 16.1. The molecule has 0 spiro atoms. The molecular weight excluding hydrogens is 382 g/mol. The van der Waals surface area contributed by atoms with Crippen molar-refractivity contribution in [1.82, 2.24) is 9.55 Å². The van der Waals surface area contributed by atoms with Crippen LogP contribution in [-0.2, 0) is 16.6 Å². The van der Waals surface area contributed by atoms with Crippen molar-refractivity contribution < 1.29 is 8.42 Å². The van der Waals surface area contributed by atoms with Gasteiger partial charge >= 0.3 is 0 Å². The first-order chi connectivity index (χ1) is 13.0. The minimum Gasteiger partial charge on any atom is -0.317 e. The van der Waals surface area contributed by atoms with Gasteiger partial charge in [0.15, 0.2) is 5.16 Å². The van der Waals surface area contributed by atoms with E-state index in [0.717, 1.165) is 34.4 Å². The lowest BCUT2D eigenvalue weighted by atomic mass is 10.1. The van der Waals surface area contributed by atoms with E-state index in [1.807, 2.05) is 30.3 Å². The summed E-state index contributed by atoms with van der Waals surface area (Å²) in [6.45, 7) is 0.893. The van der Waals surface area contributed by atoms with Crippen molar-refractivity contribution in [3.63, 3.8) is 0 Å². The molecule has 1 aromatic heterocycles. The Morgan fingerprint density at radius 3 is 2.59 bits per heavy atom. The van der Waals surface area contributed by atoms with Gasteiger partial charge in [0.2, 0.25) is 10.0 Å². The highest BCUT2D eigenvalue weighted by atomic mass is 32.2. The molecule has 0 aliphatic carbocycles. The second-order valence-electron chi connectivity index (χ2n) is 5.93. The fraction of sp³-hybridized carbons (Fsp3) is 0.111. The van der Waals surface area contributed by atoms with Gasteiger partial charge in [-0.25, -0.2) is 18.5 Å². The van der Waals surface area contributed by atoms with Crippen LogP contribution in [0.3, 0.4) is 0 Å². The summed E-state index contributed by atoms with van der Waals surface area (Å²) in [5.74, 6) is 1.00. The van der Waals surface area contributed by atoms with E-state index in [-0.39, 0.29) is 4.90 Å². The van der Waals surface area contributed by atoms with Gasteiger partial charge in [-0.05, 0) is 24.3 Å². The Labute approximate surface area is 161 Å². The zero-order chi connectivity index (χ0) is 18.9. The van der Waals surface area contributed by atoms with Gasteiger partial charge in [-0.15, -0.1) is 0 Å². The van der Waals surface area contributed by atoms with Crippen LogP contribution in [0.1, 0.15) is 5.69 Å². The third-order valence-electron chi connectivity index (χ3n) is 4.13. The second-order valence-corrected chi connectivity index (χ2v) is 8.56. The molecule has 0 atom stereocenters. The molecule has 0 fully saturated rings. The zero-order valence-corrected chi connectivity index (χ0v) is 15.9. The topological polar surface area (TPSA) is 102 Å². The molecule has 0 amide bonds. The number of benzene rings is 2. The van der Waals surface area contributed by atoms with E-state index in [9.17, 15) is 8.42 Å². The highest BCUT2D eigenvalue weighted by Crippen LogP contribution is 2.32. The Morgan fingerprint density at radius 1 is 1.15 bits per heavy atom. The van der Waals surface area contributed by atoms with Crippen LogP contribution in [0, 0.1) is 0 Å². The fourth-order valence-electron chi connectivity index (χ4n) is 2.83. The van der Waals surface area contributed by atoms with Crippen LogP contribution < -0.4 is 10.6 Å². The van der Waals surface area contributed by atoms with E-state index >= 15 is 0 Å². The van der Waals surface area contributed by atoms with E-state index in [1.54, 1.807) is 30.1 Å². The largest absolute Gasteiger partial charge is 0.317 e. The number of nitrogens with two attached hydrogens (primary N) is 1. The average Bonchev–Trinajstić information content (AvgIpc) is 3.24. The normalized spacial score (nSPS) is 13.8. The van der Waals surface area contributed by atoms with Gasteiger partial charge in [-0.1, -0.05) is 42.1 Å². The molecule has 2 aromatic carbocycles. The first-order valence-electron chi connectivity index (χ1n) is 8.23. The molecule has 7 nitrogen and oxygen atoms in total. The number of aromatic nitrogens is 2. The van der Waals surface area contributed by atoms with Crippen LogP contribution in [0.15, 0.2) is 69.8 Å². The maximum Gasteiger partial charge on any atom is 0.238 e. The van der Waals surface area contributed by atoms with E-state index in [4.69, 9.17) is 10.1 Å². The Hall–Kier alpha value is -2.62. The van der Waals surface area contributed by atoms with Crippen molar-refractivity contribution >= 4 is 33.7 Å². The number of hydrazone groups is 1. The lowest BCUT2D eigenvalue weighted by Gasteiger charge is -2.04. The van der Waals surface area contributed by atoms with Gasteiger partial charge in [0, 0.05) is 17.9 Å². The lowest BCUT2D eigenvalue weighted by Crippen LogP contribution is -2.11. The average molecular weight is 400 g/mol. The molecule has 3 N–H and O–H groups in total. The molecule has 138 valence electrons. The van der Waals surface area contributed by atoms with Crippen LogP contribution in [0.2, 0.25) is 0 Å². The molecule has 2 heterocycles. The third-order valence-corrected chi connectivity index (χ3v) is 6.01. The van der Waals surface area contributed by atoms with E-state index < -0.39 is 10.0 Å². The van der Waals surface area contributed by atoms with Gasteiger partial charge in [0.1, 0.15) is 0 Å². The summed E-state index contributed by atoms with van der Waals surface area (Å²) in [7, 11) is -3.70. The number of nitrogens with zero attached hydrogens (tertiary/aromatic N) is 3. The van der Waals surface area contributed by atoms with Crippen LogP contribution in [0.4, 0.5) is 5.69 Å². The number of hydrogen-bond donors (Lipinski definition) is 2. The number of hydrogen-bond acceptors (Lipinski definition) is 6. The zero-order valence-electron chi connectivity index (χ0n) is 14.2. The molecule has 0 bridgehead atoms. The summed E-state index contributed by atoms with van der Waals surface area (Å²) < 4.78 is 24.8. The van der Waals surface area contributed by atoms with Gasteiger partial charge < -0.3 is 4.57 Å². The van der Waals surface area contributed by atoms with Crippen LogP contribution in [-0.4, -0.2) is 29.9 Å². The van der Waals surface area contributed by atoms with Gasteiger partial charge in [-0.3, -0.25) is 5.43 Å². The number of anilines is 1. The van der Waals surface area contributed by atoms with Crippen LogP contribution >= 0.6 is 11.8 Å². The molecule has 0 unspecified atom stereocenters. The molecule has 0 saturated carbocycles. The van der Waals surface area contributed by atoms with Crippen LogP contribution in [0.25, 0.3) is 11.3 Å². The highest BCUT2D eigenvalue weighted by Gasteiger charge is 2.21. The van der Waals surface area contributed by atoms with Crippen molar-refractivity contribution in [2.75, 3.05) is 11.2 Å². The Kier molecular flexibility index (Phi) is 4.73. The van der Waals surface area contributed by atoms with Gasteiger partial charge in [0.25, 0.3) is 0 Å². The SMILES string of the molecule is NS(=O)(=O)c1ccc(N/N=C/c2c(-c3ccccc3)nc3n2CCS3)cc1. The van der Waals surface area contributed by atoms with Crippen molar-refractivity contribution in [1.29, 1.82) is 0 Å². The molecule has 0 radical (unpaired) electrons. The lowest BCUT2D eigenvalue weighted by molar-refractivity contribution is 0.598. The summed E-state index contributed by atoms with van der Waals surface area (Å²) in [4.78, 5) is 4.82. The minimum atomic E-state index is -3.70. The summed E-state index contributed by atoms with van der Waals surface area (Å²) in [5.41, 5.74) is 6.46. The summed E-state index contributed by atoms with van der Waals surface area (Å²) >= 11 is 1.73. The molecule has 0 saturated heterocycles. The number of thioether (sulfide) groups is 1. The third kappa shape index (κ3) is 3.75. The number of fused-ring (bicyclic) bond motifs is 1. The predicted molar refractivity (Wildman–Crippen MR) is 107 cm³/mol. The highest BCUT2D eigenvalue weighted by molar-refractivity contribution is 7.99. The first kappa shape index (κ1) is 17.8. The molecule has 3 aromatic rings. The van der Waals surface area contributed by atoms with Crippen molar-refractivity contribution in [3.8, 4) is 11.3 Å². The minimum absolute atomic E-state index is 0.0639. The Morgan fingerprint density at radius 2 is 1.89 bits per heavy atom. The molecule has 1 aliphatic rings. The maximum absolute atomic E-state index is 11.3. The van der Waals surface area contributed by atoms with E-state index in [2.05, 4.69) is 15.1 Å². The first-order valence-corrected chi connectivity index (χ1v) is 10.8. The predicted octanol–water partition coefficient (Wildman–Crippen LogP) is 2.75. The Balaban J connectivity index is 1.59. The number of primary sulfonamides is 1. The number of sulfonamides is 1. The second kappa shape index (κ2) is 7.18. The van der Waals surface area contributed by atoms with E-state index in [0.29, 0.717) is 5.69 Å². The van der Waals surface area contributed by atoms with Crippen molar-refractivity contribution in [2.24, 2.45) is 10.2 Å². The Bertz CT molecular complexity index is 1090. The summed E-state index contributed by atoms with van der Waals surface area (Å²) in [6.07, 6.45) is 1.75. The standard InChI is InChI=1S/C18H17N5O2S2/c19-27(24,25)15-8-6-14(7-9-15)22-20-12-16-17(13-4-2-1-3-5-13)21-18-23(16)10-11-26-18/h1-9,12,22H,10-11H2,(H2,19,24,25)/b20-12+.